The van der Waals surface area contributed by atoms with Gasteiger partial charge < -0.3 is 9.88 Å². The fourth-order valence-electron chi connectivity index (χ4n) is 2.30. The molecule has 5 heteroatoms. The van der Waals surface area contributed by atoms with Crippen molar-refractivity contribution >= 4 is 23.2 Å². The van der Waals surface area contributed by atoms with Gasteiger partial charge in [0.15, 0.2) is 0 Å². The molecule has 4 nitrogen and oxygen atoms in total. The Morgan fingerprint density at radius 1 is 1.22 bits per heavy atom. The van der Waals surface area contributed by atoms with Crippen molar-refractivity contribution in [2.24, 2.45) is 0 Å². The van der Waals surface area contributed by atoms with E-state index in [1.54, 1.807) is 30.5 Å². The highest BCUT2D eigenvalue weighted by Crippen LogP contribution is 2.16. The van der Waals surface area contributed by atoms with Crippen LogP contribution < -0.4 is 5.32 Å². The van der Waals surface area contributed by atoms with Crippen LogP contribution in [0.25, 0.3) is 0 Å². The van der Waals surface area contributed by atoms with Crippen LogP contribution in [0.1, 0.15) is 21.7 Å². The van der Waals surface area contributed by atoms with Gasteiger partial charge in [-0.2, -0.15) is 0 Å². The van der Waals surface area contributed by atoms with E-state index in [0.717, 1.165) is 17.9 Å². The maximum atomic E-state index is 12.2. The van der Waals surface area contributed by atoms with Gasteiger partial charge in [0.25, 0.3) is 5.91 Å². The molecule has 0 atom stereocenters. The molecule has 1 aromatic heterocycles. The van der Waals surface area contributed by atoms with Crippen molar-refractivity contribution in [2.45, 2.75) is 13.5 Å². The molecule has 0 saturated carbocycles. The van der Waals surface area contributed by atoms with E-state index in [1.807, 2.05) is 37.4 Å². The summed E-state index contributed by atoms with van der Waals surface area (Å²) in [6.45, 7) is 2.70. The number of amides is 1. The summed E-state index contributed by atoms with van der Waals surface area (Å²) in [4.78, 5) is 16.4. The second-order valence-corrected chi connectivity index (χ2v) is 5.70. The Balaban J connectivity index is 1.69. The summed E-state index contributed by atoms with van der Waals surface area (Å²) in [7, 11) is 0. The van der Waals surface area contributed by atoms with Crippen LogP contribution in [0.4, 0.5) is 5.69 Å². The van der Waals surface area contributed by atoms with E-state index in [1.165, 1.54) is 0 Å². The third-order valence-corrected chi connectivity index (χ3v) is 3.81. The molecule has 3 aromatic rings. The van der Waals surface area contributed by atoms with Crippen molar-refractivity contribution in [3.8, 4) is 0 Å². The zero-order chi connectivity index (χ0) is 16.2. The van der Waals surface area contributed by atoms with Crippen molar-refractivity contribution in [3.05, 3.63) is 82.9 Å². The minimum Gasteiger partial charge on any atom is -0.331 e. The molecule has 1 amide bonds. The van der Waals surface area contributed by atoms with Gasteiger partial charge in [-0.25, -0.2) is 4.98 Å². The van der Waals surface area contributed by atoms with Gasteiger partial charge in [-0.15, -0.1) is 0 Å². The Labute approximate surface area is 139 Å². The topological polar surface area (TPSA) is 46.9 Å². The molecule has 2 aromatic carbocycles. The average Bonchev–Trinajstić information content (AvgIpc) is 2.93. The highest BCUT2D eigenvalue weighted by atomic mass is 35.5. The van der Waals surface area contributed by atoms with Crippen molar-refractivity contribution in [1.82, 2.24) is 9.55 Å². The maximum absolute atomic E-state index is 12.2. The third-order valence-electron chi connectivity index (χ3n) is 3.58. The number of benzene rings is 2. The Hall–Kier alpha value is -2.59. The van der Waals surface area contributed by atoms with Crippen LogP contribution in [0, 0.1) is 6.92 Å². The van der Waals surface area contributed by atoms with Crippen LogP contribution in [-0.4, -0.2) is 15.5 Å². The van der Waals surface area contributed by atoms with E-state index in [9.17, 15) is 4.79 Å². The van der Waals surface area contributed by atoms with E-state index < -0.39 is 0 Å². The molecule has 0 radical (unpaired) electrons. The molecule has 0 fully saturated rings. The second kappa shape index (κ2) is 6.67. The summed E-state index contributed by atoms with van der Waals surface area (Å²) < 4.78 is 2.06. The number of halogens is 1. The Kier molecular flexibility index (Phi) is 4.44. The summed E-state index contributed by atoms with van der Waals surface area (Å²) in [6, 6.07) is 14.6. The van der Waals surface area contributed by atoms with Crippen LogP contribution in [0.5, 0.6) is 0 Å². The molecule has 0 aliphatic rings. The minimum atomic E-state index is -0.155. The number of carbonyl (C=O) groups is 1. The predicted molar refractivity (Wildman–Crippen MR) is 91.9 cm³/mol. The van der Waals surface area contributed by atoms with E-state index in [4.69, 9.17) is 11.6 Å². The average molecular weight is 326 g/mol. The molecular weight excluding hydrogens is 310 g/mol. The zero-order valence-corrected chi connectivity index (χ0v) is 13.4. The second-order valence-electron chi connectivity index (χ2n) is 5.26. The lowest BCUT2D eigenvalue weighted by Crippen LogP contribution is -2.12. The number of rotatable bonds is 4. The van der Waals surface area contributed by atoms with Gasteiger partial charge in [-0.1, -0.05) is 29.8 Å². The lowest BCUT2D eigenvalue weighted by molar-refractivity contribution is 0.102. The number of hydrogen-bond donors (Lipinski definition) is 1. The first kappa shape index (κ1) is 15.3. The molecule has 0 spiro atoms. The van der Waals surface area contributed by atoms with Crippen LogP contribution in [-0.2, 0) is 6.54 Å². The Morgan fingerprint density at radius 2 is 2.00 bits per heavy atom. The van der Waals surface area contributed by atoms with E-state index in [0.29, 0.717) is 16.3 Å². The molecule has 0 aliphatic heterocycles. The quantitative estimate of drug-likeness (QED) is 0.783. The van der Waals surface area contributed by atoms with Gasteiger partial charge in [-0.05, 0) is 42.8 Å². The summed E-state index contributed by atoms with van der Waals surface area (Å²) in [5, 5.41) is 3.43. The van der Waals surface area contributed by atoms with Gasteiger partial charge in [0.05, 0.1) is 0 Å². The number of nitrogens with zero attached hydrogens (tertiary/aromatic N) is 2. The number of nitrogens with one attached hydrogen (secondary N) is 1. The van der Waals surface area contributed by atoms with E-state index in [2.05, 4.69) is 14.9 Å². The maximum Gasteiger partial charge on any atom is 0.255 e. The van der Waals surface area contributed by atoms with Gasteiger partial charge in [-0.3, -0.25) is 4.79 Å². The summed E-state index contributed by atoms with van der Waals surface area (Å²) in [5.74, 6) is 0.811. The monoisotopic (exact) mass is 325 g/mol. The lowest BCUT2D eigenvalue weighted by Gasteiger charge is -2.08. The van der Waals surface area contributed by atoms with Crippen molar-refractivity contribution in [1.29, 1.82) is 0 Å². The number of carbonyl (C=O) groups excluding carboxylic acids is 1. The molecule has 23 heavy (non-hydrogen) atoms. The van der Waals surface area contributed by atoms with Gasteiger partial charge in [0, 0.05) is 35.2 Å². The Bertz CT molecular complexity index is 824. The van der Waals surface area contributed by atoms with Crippen molar-refractivity contribution < 1.29 is 4.79 Å². The van der Waals surface area contributed by atoms with E-state index >= 15 is 0 Å². The first-order valence-electron chi connectivity index (χ1n) is 7.25. The van der Waals surface area contributed by atoms with Gasteiger partial charge in [0.2, 0.25) is 0 Å². The fraction of sp³-hybridized carbons (Fsp3) is 0.111. The molecule has 0 unspecified atom stereocenters. The largest absolute Gasteiger partial charge is 0.331 e. The van der Waals surface area contributed by atoms with Crippen LogP contribution in [0.2, 0.25) is 5.02 Å². The molecule has 1 heterocycles. The smallest absolute Gasteiger partial charge is 0.255 e. The first-order valence-corrected chi connectivity index (χ1v) is 7.63. The minimum absolute atomic E-state index is 0.155. The predicted octanol–water partition coefficient (Wildman–Crippen LogP) is 4.15. The summed E-state index contributed by atoms with van der Waals surface area (Å²) in [6.07, 6.45) is 3.72. The SMILES string of the molecule is Cc1nccn1Cc1ccc(C(=O)Nc2cccc(Cl)c2)cc1. The van der Waals surface area contributed by atoms with Gasteiger partial charge in [0.1, 0.15) is 5.82 Å². The molecule has 0 bridgehead atoms. The number of imidazole rings is 1. The van der Waals surface area contributed by atoms with Crippen molar-refractivity contribution in [2.75, 3.05) is 5.32 Å². The number of aryl methyl sites for hydroxylation is 1. The Morgan fingerprint density at radius 3 is 2.65 bits per heavy atom. The summed E-state index contributed by atoms with van der Waals surface area (Å²) in [5.41, 5.74) is 2.40. The zero-order valence-electron chi connectivity index (χ0n) is 12.7. The lowest BCUT2D eigenvalue weighted by atomic mass is 10.1. The highest BCUT2D eigenvalue weighted by molar-refractivity contribution is 6.30. The standard InChI is InChI=1S/C18H16ClN3O/c1-13-20-9-10-22(13)12-14-5-7-15(8-6-14)18(23)21-17-4-2-3-16(19)11-17/h2-11H,12H2,1H3,(H,21,23). The van der Waals surface area contributed by atoms with Crippen LogP contribution in [0.3, 0.4) is 0 Å². The van der Waals surface area contributed by atoms with Crippen LogP contribution >= 0.6 is 11.6 Å². The summed E-state index contributed by atoms with van der Waals surface area (Å²) >= 11 is 5.92. The van der Waals surface area contributed by atoms with Crippen LogP contribution in [0.15, 0.2) is 60.9 Å². The number of anilines is 1. The molecule has 0 aliphatic carbocycles. The molecular formula is C18H16ClN3O. The van der Waals surface area contributed by atoms with Gasteiger partial charge >= 0.3 is 0 Å². The number of aromatic nitrogens is 2. The number of hydrogen-bond acceptors (Lipinski definition) is 2. The first-order chi connectivity index (χ1) is 11.1. The molecule has 1 N–H and O–H groups in total. The van der Waals surface area contributed by atoms with E-state index in [-0.39, 0.29) is 5.91 Å². The third kappa shape index (κ3) is 3.79. The normalized spacial score (nSPS) is 10.5. The fourth-order valence-corrected chi connectivity index (χ4v) is 2.49. The molecule has 0 saturated heterocycles. The molecule has 3 rings (SSSR count). The van der Waals surface area contributed by atoms with Crippen molar-refractivity contribution in [3.63, 3.8) is 0 Å². The molecule has 116 valence electrons. The highest BCUT2D eigenvalue weighted by Gasteiger charge is 2.07.